The number of fused-ring (bicyclic) bond motifs is 2. The standard InChI is InChI=1S/C29H36FN7O2/c1-18(31)29(38)36-9-7-35(8-10-36)28-4-3-19(15-33-28)24-12-26(37-16-20-5-6-32-14-21(20)17-37)22-11-23(30)27(39-2)13-25(22)34-24/h3-4,11-13,15,18,20-21,32H,5-10,14,16-17,31H2,1-2H3. The van der Waals surface area contributed by atoms with E-state index in [2.05, 4.69) is 21.2 Å². The average molecular weight is 534 g/mol. The Morgan fingerprint density at radius 3 is 2.62 bits per heavy atom. The molecule has 0 spiro atoms. The molecule has 2 aromatic heterocycles. The molecule has 0 saturated carbocycles. The van der Waals surface area contributed by atoms with Gasteiger partial charge in [0.25, 0.3) is 0 Å². The normalized spacial score (nSPS) is 22.2. The molecule has 1 amide bonds. The van der Waals surface area contributed by atoms with Crippen LogP contribution < -0.4 is 25.6 Å². The van der Waals surface area contributed by atoms with Crippen molar-refractivity contribution in [3.8, 4) is 17.0 Å². The average Bonchev–Trinajstić information content (AvgIpc) is 3.40. The number of nitrogens with zero attached hydrogens (tertiary/aromatic N) is 5. The summed E-state index contributed by atoms with van der Waals surface area (Å²) in [6, 6.07) is 8.88. The number of hydrogen-bond acceptors (Lipinski definition) is 8. The fourth-order valence-corrected chi connectivity index (χ4v) is 6.21. The maximum Gasteiger partial charge on any atom is 0.239 e. The Morgan fingerprint density at radius 2 is 1.92 bits per heavy atom. The molecule has 9 nitrogen and oxygen atoms in total. The minimum Gasteiger partial charge on any atom is -0.494 e. The first kappa shape index (κ1) is 25.8. The maximum absolute atomic E-state index is 14.8. The molecular weight excluding hydrogens is 497 g/mol. The number of carbonyl (C=O) groups excluding carboxylic acids is 1. The lowest BCUT2D eigenvalue weighted by Crippen LogP contribution is -2.52. The number of benzene rings is 1. The fourth-order valence-electron chi connectivity index (χ4n) is 6.21. The van der Waals surface area contributed by atoms with Gasteiger partial charge in [-0.05, 0) is 62.5 Å². The van der Waals surface area contributed by atoms with E-state index >= 15 is 0 Å². The number of nitrogens with two attached hydrogens (primary N) is 1. The summed E-state index contributed by atoms with van der Waals surface area (Å²) in [6.07, 6.45) is 3.01. The number of carbonyl (C=O) groups is 1. The third-order valence-corrected chi connectivity index (χ3v) is 8.42. The Labute approximate surface area is 228 Å². The summed E-state index contributed by atoms with van der Waals surface area (Å²) in [7, 11) is 1.47. The summed E-state index contributed by atoms with van der Waals surface area (Å²) in [6.45, 7) is 8.39. The first-order valence-corrected chi connectivity index (χ1v) is 13.8. The van der Waals surface area contributed by atoms with Crippen molar-refractivity contribution in [2.75, 3.05) is 69.3 Å². The van der Waals surface area contributed by atoms with E-state index in [9.17, 15) is 9.18 Å². The van der Waals surface area contributed by atoms with Crippen LogP contribution in [0.5, 0.6) is 5.75 Å². The lowest BCUT2D eigenvalue weighted by Gasteiger charge is -2.36. The quantitative estimate of drug-likeness (QED) is 0.516. The van der Waals surface area contributed by atoms with Gasteiger partial charge in [0.15, 0.2) is 11.6 Å². The monoisotopic (exact) mass is 533 g/mol. The highest BCUT2D eigenvalue weighted by atomic mass is 19.1. The largest absolute Gasteiger partial charge is 0.494 e. The molecule has 3 saturated heterocycles. The number of methoxy groups -OCH3 is 1. The van der Waals surface area contributed by atoms with Crippen molar-refractivity contribution in [2.24, 2.45) is 17.6 Å². The second kappa shape index (κ2) is 10.6. The zero-order chi connectivity index (χ0) is 27.1. The van der Waals surface area contributed by atoms with Gasteiger partial charge in [0, 0.05) is 68.2 Å². The number of piperidine rings is 1. The van der Waals surface area contributed by atoms with E-state index in [0.29, 0.717) is 43.5 Å². The second-order valence-electron chi connectivity index (χ2n) is 11.0. The van der Waals surface area contributed by atoms with E-state index in [-0.39, 0.29) is 17.5 Å². The van der Waals surface area contributed by atoms with Crippen LogP contribution in [0, 0.1) is 17.7 Å². The van der Waals surface area contributed by atoms with Gasteiger partial charge in [-0.15, -0.1) is 0 Å². The molecule has 3 aliphatic heterocycles. The summed E-state index contributed by atoms with van der Waals surface area (Å²) in [5.41, 5.74) is 9.17. The van der Waals surface area contributed by atoms with Crippen LogP contribution in [0.2, 0.25) is 0 Å². The first-order valence-electron chi connectivity index (χ1n) is 13.8. The number of halogens is 1. The van der Waals surface area contributed by atoms with Gasteiger partial charge in [0.2, 0.25) is 5.91 Å². The van der Waals surface area contributed by atoms with Crippen LogP contribution in [0.1, 0.15) is 13.3 Å². The molecule has 3 aromatic rings. The maximum atomic E-state index is 14.8. The van der Waals surface area contributed by atoms with Crippen molar-refractivity contribution >= 4 is 28.3 Å². The number of ether oxygens (including phenoxy) is 1. The van der Waals surface area contributed by atoms with Gasteiger partial charge >= 0.3 is 0 Å². The van der Waals surface area contributed by atoms with Crippen LogP contribution in [0.3, 0.4) is 0 Å². The molecule has 0 bridgehead atoms. The van der Waals surface area contributed by atoms with Crippen molar-refractivity contribution in [1.82, 2.24) is 20.2 Å². The lowest BCUT2D eigenvalue weighted by atomic mass is 9.90. The third-order valence-electron chi connectivity index (χ3n) is 8.42. The molecule has 206 valence electrons. The topological polar surface area (TPSA) is 99.8 Å². The molecule has 3 aliphatic rings. The van der Waals surface area contributed by atoms with Crippen molar-refractivity contribution in [1.29, 1.82) is 0 Å². The van der Waals surface area contributed by atoms with Gasteiger partial charge in [-0.25, -0.2) is 14.4 Å². The van der Waals surface area contributed by atoms with E-state index in [1.165, 1.54) is 7.11 Å². The molecule has 3 unspecified atom stereocenters. The molecule has 3 fully saturated rings. The summed E-state index contributed by atoms with van der Waals surface area (Å²) >= 11 is 0. The van der Waals surface area contributed by atoms with Gasteiger partial charge in [0.05, 0.1) is 24.4 Å². The summed E-state index contributed by atoms with van der Waals surface area (Å²) in [4.78, 5) is 28.3. The van der Waals surface area contributed by atoms with E-state index in [4.69, 9.17) is 20.4 Å². The Bertz CT molecular complexity index is 1340. The smallest absolute Gasteiger partial charge is 0.239 e. The Morgan fingerprint density at radius 1 is 1.13 bits per heavy atom. The number of anilines is 2. The van der Waals surface area contributed by atoms with Crippen LogP contribution in [-0.2, 0) is 4.79 Å². The molecule has 39 heavy (non-hydrogen) atoms. The van der Waals surface area contributed by atoms with Gasteiger partial charge in [-0.2, -0.15) is 0 Å². The molecule has 5 heterocycles. The van der Waals surface area contributed by atoms with Crippen LogP contribution in [0.4, 0.5) is 15.9 Å². The SMILES string of the molecule is COc1cc2nc(-c3ccc(N4CCN(C(=O)C(C)N)CC4)nc3)cc(N3CC4CCNCC4C3)c2cc1F. The van der Waals surface area contributed by atoms with Crippen molar-refractivity contribution in [3.05, 3.63) is 42.3 Å². The van der Waals surface area contributed by atoms with Crippen molar-refractivity contribution in [2.45, 2.75) is 19.4 Å². The summed E-state index contributed by atoms with van der Waals surface area (Å²) in [5, 5.41) is 4.32. The number of amides is 1. The van der Waals surface area contributed by atoms with E-state index in [1.54, 1.807) is 19.1 Å². The predicted molar refractivity (Wildman–Crippen MR) is 151 cm³/mol. The van der Waals surface area contributed by atoms with Gasteiger partial charge < -0.3 is 30.5 Å². The van der Waals surface area contributed by atoms with Crippen LogP contribution >= 0.6 is 0 Å². The predicted octanol–water partition coefficient (Wildman–Crippen LogP) is 2.49. The number of nitrogens with one attached hydrogen (secondary N) is 1. The molecule has 3 atom stereocenters. The molecular formula is C29H36FN7O2. The van der Waals surface area contributed by atoms with Gasteiger partial charge in [0.1, 0.15) is 5.82 Å². The molecule has 1 aromatic carbocycles. The highest BCUT2D eigenvalue weighted by Gasteiger charge is 2.35. The van der Waals surface area contributed by atoms with Crippen LogP contribution in [-0.4, -0.2) is 86.3 Å². The summed E-state index contributed by atoms with van der Waals surface area (Å²) in [5.74, 6) is 1.90. The molecule has 3 N–H and O–H groups in total. The highest BCUT2D eigenvalue weighted by Crippen LogP contribution is 2.39. The number of pyridine rings is 2. The molecule has 10 heteroatoms. The number of rotatable bonds is 5. The van der Waals surface area contributed by atoms with Gasteiger partial charge in [-0.3, -0.25) is 4.79 Å². The zero-order valence-electron chi connectivity index (χ0n) is 22.6. The van der Waals surface area contributed by atoms with E-state index < -0.39 is 6.04 Å². The van der Waals surface area contributed by atoms with Crippen LogP contribution in [0.15, 0.2) is 36.5 Å². The molecule has 6 rings (SSSR count). The molecule has 0 radical (unpaired) electrons. The third kappa shape index (κ3) is 4.98. The Kier molecular flexibility index (Phi) is 6.99. The summed E-state index contributed by atoms with van der Waals surface area (Å²) < 4.78 is 20.1. The zero-order valence-corrected chi connectivity index (χ0v) is 22.6. The highest BCUT2D eigenvalue weighted by molar-refractivity contribution is 5.95. The lowest BCUT2D eigenvalue weighted by molar-refractivity contribution is -0.132. The minimum absolute atomic E-state index is 0.0128. The number of piperazine rings is 1. The Hall–Kier alpha value is -3.50. The fraction of sp³-hybridized carbons (Fsp3) is 0.483. The van der Waals surface area contributed by atoms with E-state index in [1.807, 2.05) is 23.2 Å². The number of hydrogen-bond donors (Lipinski definition) is 2. The molecule has 0 aliphatic carbocycles. The second-order valence-corrected chi connectivity index (χ2v) is 11.0. The van der Waals surface area contributed by atoms with Crippen molar-refractivity contribution < 1.29 is 13.9 Å². The Balaban J connectivity index is 1.29. The minimum atomic E-state index is -0.481. The number of aromatic nitrogens is 2. The first-order chi connectivity index (χ1) is 18.9. The van der Waals surface area contributed by atoms with Crippen molar-refractivity contribution in [3.63, 3.8) is 0 Å². The van der Waals surface area contributed by atoms with E-state index in [0.717, 1.165) is 60.7 Å². The van der Waals surface area contributed by atoms with Crippen LogP contribution in [0.25, 0.3) is 22.2 Å². The van der Waals surface area contributed by atoms with Gasteiger partial charge in [-0.1, -0.05) is 0 Å².